The fourth-order valence-electron chi connectivity index (χ4n) is 2.52. The van der Waals surface area contributed by atoms with Gasteiger partial charge in [0.05, 0.1) is 7.11 Å². The Morgan fingerprint density at radius 3 is 2.81 bits per heavy atom. The number of likely N-dealkylation sites (N-methyl/N-ethyl adjacent to an activating group) is 1. The molecule has 1 aliphatic rings. The largest absolute Gasteiger partial charge is 0.468 e. The maximum Gasteiger partial charge on any atom is 0.290 e. The zero-order valence-electron chi connectivity index (χ0n) is 12.8. The Balaban J connectivity index is 2.17. The molecule has 1 saturated heterocycles. The highest BCUT2D eigenvalue weighted by molar-refractivity contribution is 5.96. The van der Waals surface area contributed by atoms with Gasteiger partial charge in [0.25, 0.3) is 11.9 Å². The minimum absolute atomic E-state index is 0.00145. The van der Waals surface area contributed by atoms with E-state index in [1.807, 2.05) is 0 Å². The molecule has 0 N–H and O–H groups in total. The van der Waals surface area contributed by atoms with E-state index in [4.69, 9.17) is 9.15 Å². The lowest BCUT2D eigenvalue weighted by Gasteiger charge is -2.38. The third-order valence-corrected chi connectivity index (χ3v) is 3.80. The minimum atomic E-state index is -0.396. The van der Waals surface area contributed by atoms with E-state index in [9.17, 15) is 9.59 Å². The van der Waals surface area contributed by atoms with Crippen molar-refractivity contribution in [3.8, 4) is 5.95 Å². The molecular weight excluding hydrogens is 272 g/mol. The van der Waals surface area contributed by atoms with Crippen LogP contribution in [0.1, 0.15) is 36.7 Å². The summed E-state index contributed by atoms with van der Waals surface area (Å²) in [5, 5.41) is 0. The Labute approximate surface area is 124 Å². The van der Waals surface area contributed by atoms with Gasteiger partial charge in [-0.3, -0.25) is 9.59 Å². The third-order valence-electron chi connectivity index (χ3n) is 3.80. The van der Waals surface area contributed by atoms with E-state index in [1.54, 1.807) is 29.0 Å². The standard InChI is InChI=1S/C15H22N2O4/c1-4-5-6-11-14(18)16(2)9-10-17(11)15(19)12-7-8-13(20-3)21-12/h7-8,11H,4-6,9-10H2,1-3H3/t11-/m0/s1. The third kappa shape index (κ3) is 3.20. The van der Waals surface area contributed by atoms with Crippen LogP contribution in [-0.2, 0) is 4.79 Å². The number of nitrogens with zero attached hydrogens (tertiary/aromatic N) is 2. The predicted molar refractivity (Wildman–Crippen MR) is 77.2 cm³/mol. The Morgan fingerprint density at radius 1 is 1.43 bits per heavy atom. The van der Waals surface area contributed by atoms with Crippen molar-refractivity contribution < 1.29 is 18.7 Å². The van der Waals surface area contributed by atoms with E-state index in [1.165, 1.54) is 7.11 Å². The van der Waals surface area contributed by atoms with Crippen molar-refractivity contribution in [1.29, 1.82) is 0 Å². The van der Waals surface area contributed by atoms with Crippen molar-refractivity contribution in [2.45, 2.75) is 32.2 Å². The summed E-state index contributed by atoms with van der Waals surface area (Å²) in [4.78, 5) is 28.2. The molecule has 0 radical (unpaired) electrons. The van der Waals surface area contributed by atoms with E-state index >= 15 is 0 Å². The molecular formula is C15H22N2O4. The summed E-state index contributed by atoms with van der Waals surface area (Å²) in [6, 6.07) is 2.79. The van der Waals surface area contributed by atoms with Crippen molar-refractivity contribution in [2.24, 2.45) is 0 Å². The second-order valence-electron chi connectivity index (χ2n) is 5.24. The molecule has 0 saturated carbocycles. The molecule has 0 bridgehead atoms. The maximum absolute atomic E-state index is 12.6. The molecule has 0 aliphatic carbocycles. The van der Waals surface area contributed by atoms with E-state index in [0.29, 0.717) is 25.5 Å². The molecule has 1 aromatic rings. The van der Waals surface area contributed by atoms with E-state index in [-0.39, 0.29) is 17.6 Å². The highest BCUT2D eigenvalue weighted by atomic mass is 16.6. The Morgan fingerprint density at radius 2 is 2.19 bits per heavy atom. The van der Waals surface area contributed by atoms with Crippen molar-refractivity contribution in [1.82, 2.24) is 9.80 Å². The quantitative estimate of drug-likeness (QED) is 0.830. The van der Waals surface area contributed by atoms with Gasteiger partial charge in [-0.2, -0.15) is 0 Å². The SMILES string of the molecule is CCCC[C@H]1C(=O)N(C)CCN1C(=O)c1ccc(OC)o1. The van der Waals surface area contributed by atoms with Crippen molar-refractivity contribution in [3.05, 3.63) is 17.9 Å². The average Bonchev–Trinajstić information content (AvgIpc) is 2.97. The van der Waals surface area contributed by atoms with Gasteiger partial charge in [0.2, 0.25) is 5.91 Å². The lowest BCUT2D eigenvalue weighted by Crippen LogP contribution is -2.57. The number of hydrogen-bond donors (Lipinski definition) is 0. The van der Waals surface area contributed by atoms with Gasteiger partial charge in [-0.25, -0.2) is 0 Å². The number of ether oxygens (including phenoxy) is 1. The summed E-state index contributed by atoms with van der Waals surface area (Å²) in [7, 11) is 3.26. The van der Waals surface area contributed by atoms with Crippen LogP contribution >= 0.6 is 0 Å². The minimum Gasteiger partial charge on any atom is -0.468 e. The molecule has 1 aromatic heterocycles. The summed E-state index contributed by atoms with van der Waals surface area (Å²) in [5.74, 6) is 0.261. The number of methoxy groups -OCH3 is 1. The first kappa shape index (κ1) is 15.4. The second kappa shape index (κ2) is 6.65. The Kier molecular flexibility index (Phi) is 4.88. The summed E-state index contributed by atoms with van der Waals surface area (Å²) >= 11 is 0. The van der Waals surface area contributed by atoms with Gasteiger partial charge in [0, 0.05) is 26.2 Å². The van der Waals surface area contributed by atoms with Crippen LogP contribution in [-0.4, -0.2) is 54.9 Å². The van der Waals surface area contributed by atoms with Crippen LogP contribution in [0.2, 0.25) is 0 Å². The lowest BCUT2D eigenvalue weighted by atomic mass is 10.0. The van der Waals surface area contributed by atoms with Gasteiger partial charge < -0.3 is 19.0 Å². The molecule has 1 atom stereocenters. The Hall–Kier alpha value is -1.98. The molecule has 0 aromatic carbocycles. The molecule has 116 valence electrons. The summed E-state index contributed by atoms with van der Waals surface area (Å²) in [6.45, 7) is 3.14. The Bertz CT molecular complexity index is 512. The molecule has 6 nitrogen and oxygen atoms in total. The van der Waals surface area contributed by atoms with E-state index in [0.717, 1.165) is 12.8 Å². The first-order chi connectivity index (χ1) is 10.1. The number of piperazine rings is 1. The second-order valence-corrected chi connectivity index (χ2v) is 5.24. The number of carbonyl (C=O) groups is 2. The van der Waals surface area contributed by atoms with Gasteiger partial charge >= 0.3 is 0 Å². The first-order valence-corrected chi connectivity index (χ1v) is 7.28. The number of rotatable bonds is 5. The smallest absolute Gasteiger partial charge is 0.290 e. The molecule has 2 amide bonds. The van der Waals surface area contributed by atoms with Crippen LogP contribution in [0.3, 0.4) is 0 Å². The molecule has 1 aliphatic heterocycles. The first-order valence-electron chi connectivity index (χ1n) is 7.28. The van der Waals surface area contributed by atoms with Crippen molar-refractivity contribution in [3.63, 3.8) is 0 Å². The van der Waals surface area contributed by atoms with Crippen LogP contribution in [0.15, 0.2) is 16.5 Å². The number of hydrogen-bond acceptors (Lipinski definition) is 4. The topological polar surface area (TPSA) is 63.0 Å². The van der Waals surface area contributed by atoms with Crippen LogP contribution in [0, 0.1) is 0 Å². The highest BCUT2D eigenvalue weighted by Gasteiger charge is 2.36. The van der Waals surface area contributed by atoms with Gasteiger partial charge in [-0.1, -0.05) is 19.8 Å². The number of furan rings is 1. The predicted octanol–water partition coefficient (Wildman–Crippen LogP) is 1.76. The molecule has 1 fully saturated rings. The summed E-state index contributed by atoms with van der Waals surface area (Å²) in [6.07, 6.45) is 2.59. The number of carbonyl (C=O) groups excluding carboxylic acids is 2. The normalized spacial score (nSPS) is 19.0. The van der Waals surface area contributed by atoms with Gasteiger partial charge in [-0.05, 0) is 12.5 Å². The molecule has 0 unspecified atom stereocenters. The van der Waals surface area contributed by atoms with Crippen LogP contribution in [0.4, 0.5) is 0 Å². The molecule has 0 spiro atoms. The van der Waals surface area contributed by atoms with Crippen molar-refractivity contribution in [2.75, 3.05) is 27.2 Å². The van der Waals surface area contributed by atoms with Gasteiger partial charge in [0.15, 0.2) is 5.76 Å². The zero-order valence-corrected chi connectivity index (χ0v) is 12.8. The average molecular weight is 294 g/mol. The molecule has 6 heteroatoms. The van der Waals surface area contributed by atoms with E-state index in [2.05, 4.69) is 6.92 Å². The van der Waals surface area contributed by atoms with Gasteiger partial charge in [-0.15, -0.1) is 0 Å². The molecule has 2 rings (SSSR count). The maximum atomic E-state index is 12.6. The fourth-order valence-corrected chi connectivity index (χ4v) is 2.52. The summed E-state index contributed by atoms with van der Waals surface area (Å²) < 4.78 is 10.3. The number of unbranched alkanes of at least 4 members (excludes halogenated alkanes) is 1. The monoisotopic (exact) mass is 294 g/mol. The van der Waals surface area contributed by atoms with Crippen LogP contribution in [0.5, 0.6) is 5.95 Å². The summed E-state index contributed by atoms with van der Waals surface area (Å²) in [5.41, 5.74) is 0. The van der Waals surface area contributed by atoms with Gasteiger partial charge in [0.1, 0.15) is 6.04 Å². The molecule has 2 heterocycles. The highest BCUT2D eigenvalue weighted by Crippen LogP contribution is 2.22. The lowest BCUT2D eigenvalue weighted by molar-refractivity contribution is -0.138. The van der Waals surface area contributed by atoms with Crippen LogP contribution < -0.4 is 4.74 Å². The van der Waals surface area contributed by atoms with Crippen molar-refractivity contribution >= 4 is 11.8 Å². The van der Waals surface area contributed by atoms with E-state index < -0.39 is 6.04 Å². The molecule has 21 heavy (non-hydrogen) atoms. The number of amides is 2. The zero-order chi connectivity index (χ0) is 15.4. The fraction of sp³-hybridized carbons (Fsp3) is 0.600. The van der Waals surface area contributed by atoms with Crippen LogP contribution in [0.25, 0.3) is 0 Å².